The van der Waals surface area contributed by atoms with Crippen molar-refractivity contribution in [2.24, 2.45) is 0 Å². The molecule has 0 aliphatic carbocycles. The summed E-state index contributed by atoms with van der Waals surface area (Å²) in [4.78, 5) is 13.6. The molecule has 1 fully saturated rings. The summed E-state index contributed by atoms with van der Waals surface area (Å²) < 4.78 is 0. The molecule has 1 aromatic carbocycles. The van der Waals surface area contributed by atoms with Crippen LogP contribution in [0.3, 0.4) is 0 Å². The highest BCUT2D eigenvalue weighted by Gasteiger charge is 2.16. The van der Waals surface area contributed by atoms with Crippen LogP contribution >= 0.6 is 23.2 Å². The van der Waals surface area contributed by atoms with Crippen LogP contribution in [0.15, 0.2) is 18.2 Å². The van der Waals surface area contributed by atoms with Gasteiger partial charge in [0.05, 0.1) is 16.6 Å². The number of hydrogen-bond donors (Lipinski definition) is 1. The molecule has 1 N–H and O–H groups in total. The first-order valence-electron chi connectivity index (χ1n) is 5.59. The molecule has 2 rings (SSSR count). The topological polar surface area (TPSA) is 32.3 Å². The lowest BCUT2D eigenvalue weighted by Gasteiger charge is -2.20. The fraction of sp³-hybridized carbons (Fsp3) is 0.417. The number of benzene rings is 1. The standard InChI is InChI=1S/C12H14Cl2N2O/c13-10-3-2-9(6-11(10)14)8-16-5-1-4-15-7-12(16)17/h2-3,6,15H,1,4-5,7-8H2. The van der Waals surface area contributed by atoms with Crippen LogP contribution in [0.4, 0.5) is 0 Å². The van der Waals surface area contributed by atoms with Crippen molar-refractivity contribution < 1.29 is 4.79 Å². The Bertz CT molecular complexity index is 423. The predicted molar refractivity (Wildman–Crippen MR) is 69.4 cm³/mol. The molecule has 1 heterocycles. The Morgan fingerprint density at radius 3 is 2.88 bits per heavy atom. The zero-order valence-corrected chi connectivity index (χ0v) is 10.9. The van der Waals surface area contributed by atoms with E-state index in [1.54, 1.807) is 6.07 Å². The fourth-order valence-corrected chi connectivity index (χ4v) is 2.17. The highest BCUT2D eigenvalue weighted by Crippen LogP contribution is 2.23. The Hall–Kier alpha value is -0.770. The van der Waals surface area contributed by atoms with Crippen LogP contribution in [-0.2, 0) is 11.3 Å². The van der Waals surface area contributed by atoms with Crippen molar-refractivity contribution in [3.05, 3.63) is 33.8 Å². The molecule has 1 aromatic rings. The van der Waals surface area contributed by atoms with Gasteiger partial charge in [-0.05, 0) is 30.7 Å². The third kappa shape index (κ3) is 3.35. The van der Waals surface area contributed by atoms with Crippen LogP contribution in [0, 0.1) is 0 Å². The summed E-state index contributed by atoms with van der Waals surface area (Å²) in [6, 6.07) is 5.48. The lowest BCUT2D eigenvalue weighted by atomic mass is 10.2. The van der Waals surface area contributed by atoms with E-state index in [1.807, 2.05) is 17.0 Å². The van der Waals surface area contributed by atoms with Crippen molar-refractivity contribution >= 4 is 29.1 Å². The summed E-state index contributed by atoms with van der Waals surface area (Å²) >= 11 is 11.8. The molecule has 1 aliphatic heterocycles. The number of amides is 1. The molecule has 0 bridgehead atoms. The molecular weight excluding hydrogens is 259 g/mol. The highest BCUT2D eigenvalue weighted by molar-refractivity contribution is 6.42. The van der Waals surface area contributed by atoms with Gasteiger partial charge in [0.2, 0.25) is 5.91 Å². The SMILES string of the molecule is O=C1CNCCCN1Cc1ccc(Cl)c(Cl)c1. The highest BCUT2D eigenvalue weighted by atomic mass is 35.5. The summed E-state index contributed by atoms with van der Waals surface area (Å²) in [5.41, 5.74) is 1.01. The van der Waals surface area contributed by atoms with Gasteiger partial charge in [-0.2, -0.15) is 0 Å². The van der Waals surface area contributed by atoms with Crippen LogP contribution in [0.2, 0.25) is 10.0 Å². The predicted octanol–water partition coefficient (Wildman–Crippen LogP) is 2.32. The summed E-state index contributed by atoms with van der Waals surface area (Å²) in [7, 11) is 0. The van der Waals surface area contributed by atoms with Gasteiger partial charge in [-0.15, -0.1) is 0 Å². The van der Waals surface area contributed by atoms with Crippen molar-refractivity contribution in [3.8, 4) is 0 Å². The minimum absolute atomic E-state index is 0.133. The first-order chi connectivity index (χ1) is 8.16. The molecule has 0 unspecified atom stereocenters. The third-order valence-electron chi connectivity index (χ3n) is 2.77. The summed E-state index contributed by atoms with van der Waals surface area (Å²) in [5.74, 6) is 0.133. The van der Waals surface area contributed by atoms with E-state index in [2.05, 4.69) is 5.32 Å². The van der Waals surface area contributed by atoms with Crippen molar-refractivity contribution in [3.63, 3.8) is 0 Å². The number of carbonyl (C=O) groups is 1. The molecule has 5 heteroatoms. The Morgan fingerprint density at radius 1 is 1.29 bits per heavy atom. The molecular formula is C12H14Cl2N2O. The Labute approximate surface area is 111 Å². The largest absolute Gasteiger partial charge is 0.337 e. The number of nitrogens with zero attached hydrogens (tertiary/aromatic N) is 1. The molecule has 17 heavy (non-hydrogen) atoms. The molecule has 0 atom stereocenters. The van der Waals surface area contributed by atoms with Gasteiger partial charge in [0.1, 0.15) is 0 Å². The maximum atomic E-state index is 11.8. The van der Waals surface area contributed by atoms with Gasteiger partial charge >= 0.3 is 0 Å². The summed E-state index contributed by atoms with van der Waals surface area (Å²) in [6.07, 6.45) is 0.979. The quantitative estimate of drug-likeness (QED) is 0.896. The van der Waals surface area contributed by atoms with Gasteiger partial charge in [0.15, 0.2) is 0 Å². The van der Waals surface area contributed by atoms with E-state index >= 15 is 0 Å². The van der Waals surface area contributed by atoms with Gasteiger partial charge in [0.25, 0.3) is 0 Å². The van der Waals surface area contributed by atoms with Crippen molar-refractivity contribution in [1.29, 1.82) is 0 Å². The number of rotatable bonds is 2. The lowest BCUT2D eigenvalue weighted by molar-refractivity contribution is -0.130. The summed E-state index contributed by atoms with van der Waals surface area (Å²) in [6.45, 7) is 2.69. The molecule has 0 saturated carbocycles. The molecule has 1 saturated heterocycles. The van der Waals surface area contributed by atoms with Gasteiger partial charge in [-0.25, -0.2) is 0 Å². The minimum Gasteiger partial charge on any atom is -0.337 e. The first-order valence-corrected chi connectivity index (χ1v) is 6.35. The van der Waals surface area contributed by atoms with Gasteiger partial charge in [0, 0.05) is 13.1 Å². The summed E-state index contributed by atoms with van der Waals surface area (Å²) in [5, 5.41) is 4.17. The van der Waals surface area contributed by atoms with E-state index in [0.29, 0.717) is 23.1 Å². The van der Waals surface area contributed by atoms with E-state index < -0.39 is 0 Å². The first kappa shape index (κ1) is 12.7. The number of halogens is 2. The Morgan fingerprint density at radius 2 is 2.12 bits per heavy atom. The van der Waals surface area contributed by atoms with Crippen LogP contribution in [0.5, 0.6) is 0 Å². The van der Waals surface area contributed by atoms with Crippen molar-refractivity contribution in [1.82, 2.24) is 10.2 Å². The maximum Gasteiger partial charge on any atom is 0.236 e. The van der Waals surface area contributed by atoms with Crippen LogP contribution in [-0.4, -0.2) is 30.4 Å². The maximum absolute atomic E-state index is 11.8. The van der Waals surface area contributed by atoms with Crippen molar-refractivity contribution in [2.75, 3.05) is 19.6 Å². The average Bonchev–Trinajstić information content (AvgIpc) is 2.50. The molecule has 1 aliphatic rings. The van der Waals surface area contributed by atoms with Crippen LogP contribution in [0.1, 0.15) is 12.0 Å². The second kappa shape index (κ2) is 5.71. The van der Waals surface area contributed by atoms with Gasteiger partial charge in [-0.3, -0.25) is 4.79 Å². The zero-order valence-electron chi connectivity index (χ0n) is 9.38. The van der Waals surface area contributed by atoms with E-state index in [-0.39, 0.29) is 5.91 Å². The van der Waals surface area contributed by atoms with Gasteiger partial charge in [-0.1, -0.05) is 29.3 Å². The Balaban J connectivity index is 2.08. The molecule has 3 nitrogen and oxygen atoms in total. The zero-order chi connectivity index (χ0) is 12.3. The second-order valence-electron chi connectivity index (χ2n) is 4.09. The third-order valence-corrected chi connectivity index (χ3v) is 3.51. The number of nitrogens with one attached hydrogen (secondary N) is 1. The van der Waals surface area contributed by atoms with E-state index in [4.69, 9.17) is 23.2 Å². The lowest BCUT2D eigenvalue weighted by Crippen LogP contribution is -2.34. The van der Waals surface area contributed by atoms with Gasteiger partial charge < -0.3 is 10.2 Å². The number of hydrogen-bond acceptors (Lipinski definition) is 2. The van der Waals surface area contributed by atoms with Crippen molar-refractivity contribution in [2.45, 2.75) is 13.0 Å². The van der Waals surface area contributed by atoms with E-state index in [1.165, 1.54) is 0 Å². The molecule has 0 spiro atoms. The molecule has 0 aromatic heterocycles. The number of carbonyl (C=O) groups excluding carboxylic acids is 1. The normalized spacial score (nSPS) is 17.1. The smallest absolute Gasteiger partial charge is 0.236 e. The molecule has 0 radical (unpaired) electrons. The van der Waals surface area contributed by atoms with E-state index in [0.717, 1.165) is 25.1 Å². The van der Waals surface area contributed by atoms with E-state index in [9.17, 15) is 4.79 Å². The monoisotopic (exact) mass is 272 g/mol. The van der Waals surface area contributed by atoms with Crippen LogP contribution in [0.25, 0.3) is 0 Å². The second-order valence-corrected chi connectivity index (χ2v) is 4.91. The fourth-order valence-electron chi connectivity index (χ4n) is 1.85. The minimum atomic E-state index is 0.133. The molecule has 1 amide bonds. The Kier molecular flexibility index (Phi) is 4.26. The van der Waals surface area contributed by atoms with Crippen LogP contribution < -0.4 is 5.32 Å². The average molecular weight is 273 g/mol. The molecule has 92 valence electrons.